The van der Waals surface area contributed by atoms with Crippen LogP contribution in [0.2, 0.25) is 0 Å². The first-order chi connectivity index (χ1) is 7.18. The van der Waals surface area contributed by atoms with E-state index in [1.54, 1.807) is 31.3 Å². The molecule has 0 N–H and O–H groups in total. The fourth-order valence-corrected chi connectivity index (χ4v) is 1.34. The van der Waals surface area contributed by atoms with Crippen LogP contribution in [-0.2, 0) is 0 Å². The molecule has 0 unspecified atom stereocenters. The van der Waals surface area contributed by atoms with Crippen LogP contribution in [0.1, 0.15) is 12.1 Å². The quantitative estimate of drug-likeness (QED) is 0.761. The van der Waals surface area contributed by atoms with Gasteiger partial charge in [0.1, 0.15) is 5.69 Å². The molecule has 0 spiro atoms. The lowest BCUT2D eigenvalue weighted by atomic mass is 10.2. The smallest absolute Gasteiger partial charge is 0.255 e. The number of rotatable bonds is 2. The molecule has 0 saturated carbocycles. The highest BCUT2D eigenvalue weighted by molar-refractivity contribution is 5.57. The van der Waals surface area contributed by atoms with Crippen molar-refractivity contribution in [2.45, 2.75) is 13.5 Å². The van der Waals surface area contributed by atoms with Crippen molar-refractivity contribution >= 4 is 0 Å². The Morgan fingerprint density at radius 3 is 2.67 bits per heavy atom. The van der Waals surface area contributed by atoms with Crippen molar-refractivity contribution in [3.8, 4) is 11.4 Å². The third-order valence-corrected chi connectivity index (χ3v) is 2.02. The maximum absolute atomic E-state index is 12.4. The Labute approximate surface area is 85.4 Å². The lowest BCUT2D eigenvalue weighted by Gasteiger charge is -1.97. The summed E-state index contributed by atoms with van der Waals surface area (Å²) in [4.78, 5) is 4.06. The van der Waals surface area contributed by atoms with E-state index >= 15 is 0 Å². The Morgan fingerprint density at radius 2 is 2.13 bits per heavy atom. The van der Waals surface area contributed by atoms with Crippen LogP contribution in [0.3, 0.4) is 0 Å². The van der Waals surface area contributed by atoms with Gasteiger partial charge in [-0.1, -0.05) is 6.07 Å². The molecule has 78 valence electrons. The summed E-state index contributed by atoms with van der Waals surface area (Å²) in [6, 6.07) is 5.30. The highest BCUT2D eigenvalue weighted by Gasteiger charge is 2.13. The third-order valence-electron chi connectivity index (χ3n) is 2.02. The second-order valence-corrected chi connectivity index (χ2v) is 3.13. The topological polar surface area (TPSA) is 30.7 Å². The molecule has 0 bridgehead atoms. The van der Waals surface area contributed by atoms with E-state index in [2.05, 4.69) is 10.1 Å². The van der Waals surface area contributed by atoms with Crippen LogP contribution in [0.25, 0.3) is 11.4 Å². The molecular weight excluding hydrogens is 200 g/mol. The van der Waals surface area contributed by atoms with Gasteiger partial charge in [-0.2, -0.15) is 13.9 Å². The molecule has 2 heterocycles. The zero-order valence-electron chi connectivity index (χ0n) is 8.06. The van der Waals surface area contributed by atoms with Gasteiger partial charge in [-0.05, 0) is 24.6 Å². The Balaban J connectivity index is 2.45. The molecule has 2 aromatic heterocycles. The van der Waals surface area contributed by atoms with E-state index in [0.29, 0.717) is 21.6 Å². The van der Waals surface area contributed by atoms with Crippen LogP contribution in [0.5, 0.6) is 0 Å². The van der Waals surface area contributed by atoms with Gasteiger partial charge >= 0.3 is 6.55 Å². The minimum absolute atomic E-state index is 0.496. The van der Waals surface area contributed by atoms with E-state index in [9.17, 15) is 8.78 Å². The van der Waals surface area contributed by atoms with Crippen molar-refractivity contribution in [3.63, 3.8) is 0 Å². The van der Waals surface area contributed by atoms with Crippen LogP contribution < -0.4 is 0 Å². The molecule has 0 aliphatic rings. The van der Waals surface area contributed by atoms with Crippen LogP contribution in [0, 0.1) is 6.92 Å². The Morgan fingerprint density at radius 1 is 1.33 bits per heavy atom. The highest BCUT2D eigenvalue weighted by Crippen LogP contribution is 2.21. The third kappa shape index (κ3) is 1.86. The summed E-state index contributed by atoms with van der Waals surface area (Å²) in [6.07, 6.45) is 2.92. The van der Waals surface area contributed by atoms with Gasteiger partial charge in [0.2, 0.25) is 0 Å². The molecule has 15 heavy (non-hydrogen) atoms. The van der Waals surface area contributed by atoms with Crippen molar-refractivity contribution in [2.75, 3.05) is 0 Å². The Kier molecular flexibility index (Phi) is 2.45. The normalized spacial score (nSPS) is 10.9. The van der Waals surface area contributed by atoms with E-state index in [1.165, 1.54) is 6.20 Å². The van der Waals surface area contributed by atoms with Gasteiger partial charge in [0.05, 0.1) is 5.69 Å². The first-order valence-electron chi connectivity index (χ1n) is 4.44. The highest BCUT2D eigenvalue weighted by atomic mass is 19.3. The molecule has 0 aliphatic carbocycles. The number of hydrogen-bond acceptors (Lipinski definition) is 2. The van der Waals surface area contributed by atoms with Crippen LogP contribution in [-0.4, -0.2) is 14.8 Å². The summed E-state index contributed by atoms with van der Waals surface area (Å²) in [5.41, 5.74) is 1.79. The zero-order valence-corrected chi connectivity index (χ0v) is 8.06. The van der Waals surface area contributed by atoms with Gasteiger partial charge in [-0.25, -0.2) is 4.68 Å². The van der Waals surface area contributed by atoms with E-state index < -0.39 is 6.55 Å². The van der Waals surface area contributed by atoms with Crippen molar-refractivity contribution in [1.82, 2.24) is 14.8 Å². The van der Waals surface area contributed by atoms with Crippen molar-refractivity contribution < 1.29 is 8.78 Å². The van der Waals surface area contributed by atoms with E-state index in [4.69, 9.17) is 0 Å². The SMILES string of the molecule is Cc1cn(C(F)F)nc1-c1ccccn1. The van der Waals surface area contributed by atoms with Crippen LogP contribution >= 0.6 is 0 Å². The lowest BCUT2D eigenvalue weighted by Crippen LogP contribution is -1.98. The monoisotopic (exact) mass is 209 g/mol. The fourth-order valence-electron chi connectivity index (χ4n) is 1.34. The number of aromatic nitrogens is 3. The first-order valence-corrected chi connectivity index (χ1v) is 4.44. The predicted octanol–water partition coefficient (Wildman–Crippen LogP) is 2.65. The summed E-state index contributed by atoms with van der Waals surface area (Å²) in [5.74, 6) is 0. The Hall–Kier alpha value is -1.78. The molecular formula is C10H9F2N3. The standard InChI is InChI=1S/C10H9F2N3/c1-7-6-15(10(11)12)14-9(7)8-4-2-3-5-13-8/h2-6,10H,1H3. The maximum Gasteiger partial charge on any atom is 0.333 e. The van der Waals surface area contributed by atoms with Gasteiger partial charge in [0.15, 0.2) is 0 Å². The summed E-state index contributed by atoms with van der Waals surface area (Å²) >= 11 is 0. The second kappa shape index (κ2) is 3.76. The maximum atomic E-state index is 12.4. The molecule has 0 fully saturated rings. The fraction of sp³-hybridized carbons (Fsp3) is 0.200. The van der Waals surface area contributed by atoms with Crippen molar-refractivity contribution in [1.29, 1.82) is 0 Å². The molecule has 2 aromatic rings. The first kappa shape index (κ1) is 9.76. The van der Waals surface area contributed by atoms with Crippen LogP contribution in [0.4, 0.5) is 8.78 Å². The van der Waals surface area contributed by atoms with Gasteiger partial charge < -0.3 is 0 Å². The summed E-state index contributed by atoms with van der Waals surface area (Å²) in [5, 5.41) is 3.78. The van der Waals surface area contributed by atoms with E-state index in [1.807, 2.05) is 0 Å². The molecule has 0 saturated heterocycles. The number of alkyl halides is 2. The van der Waals surface area contributed by atoms with Gasteiger partial charge in [0, 0.05) is 12.4 Å². The van der Waals surface area contributed by atoms with Crippen molar-refractivity contribution in [3.05, 3.63) is 36.2 Å². The van der Waals surface area contributed by atoms with E-state index in [-0.39, 0.29) is 0 Å². The molecule has 0 aliphatic heterocycles. The van der Waals surface area contributed by atoms with Gasteiger partial charge in [-0.15, -0.1) is 0 Å². The molecule has 2 rings (SSSR count). The minimum atomic E-state index is -2.61. The number of nitrogens with zero attached hydrogens (tertiary/aromatic N) is 3. The zero-order chi connectivity index (χ0) is 10.8. The largest absolute Gasteiger partial charge is 0.333 e. The minimum Gasteiger partial charge on any atom is -0.255 e. The summed E-state index contributed by atoms with van der Waals surface area (Å²) in [6.45, 7) is -0.878. The lowest BCUT2D eigenvalue weighted by molar-refractivity contribution is 0.0567. The summed E-state index contributed by atoms with van der Waals surface area (Å²) in [7, 11) is 0. The van der Waals surface area contributed by atoms with Crippen LogP contribution in [0.15, 0.2) is 30.6 Å². The van der Waals surface area contributed by atoms with E-state index in [0.717, 1.165) is 0 Å². The molecule has 0 aromatic carbocycles. The number of pyridine rings is 1. The number of hydrogen-bond donors (Lipinski definition) is 0. The predicted molar refractivity (Wildman–Crippen MR) is 51.4 cm³/mol. The van der Waals surface area contributed by atoms with Gasteiger partial charge in [0.25, 0.3) is 0 Å². The van der Waals surface area contributed by atoms with Gasteiger partial charge in [-0.3, -0.25) is 4.98 Å². The molecule has 5 heteroatoms. The summed E-state index contributed by atoms with van der Waals surface area (Å²) < 4.78 is 25.4. The molecule has 0 radical (unpaired) electrons. The molecule has 3 nitrogen and oxygen atoms in total. The second-order valence-electron chi connectivity index (χ2n) is 3.13. The average molecular weight is 209 g/mol. The molecule has 0 atom stereocenters. The average Bonchev–Trinajstić information content (AvgIpc) is 2.62. The van der Waals surface area contributed by atoms with Crippen molar-refractivity contribution in [2.24, 2.45) is 0 Å². The Bertz CT molecular complexity index is 451. The number of halogens is 2. The number of aryl methyl sites for hydroxylation is 1. The molecule has 0 amide bonds.